The number of nitrogens with two attached hydrogens (primary N) is 1. The van der Waals surface area contributed by atoms with Crippen molar-refractivity contribution in [2.45, 2.75) is 155 Å². The lowest BCUT2D eigenvalue weighted by atomic mass is 9.46. The Kier molecular flexibility index (Phi) is 26.7. The zero-order chi connectivity index (χ0) is 70.7. The third-order valence-corrected chi connectivity index (χ3v) is 20.1. The second-order valence-electron chi connectivity index (χ2n) is 27.0. The molecule has 6 aliphatic rings. The van der Waals surface area contributed by atoms with Gasteiger partial charge in [0.15, 0.2) is 24.3 Å². The number of anilines is 2. The first-order valence-corrected chi connectivity index (χ1v) is 34.7. The minimum atomic E-state index is -1.49. The van der Waals surface area contributed by atoms with Crippen LogP contribution in [0.5, 0.6) is 0 Å². The maximum Gasteiger partial charge on any atom is 0.509 e. The van der Waals surface area contributed by atoms with Crippen molar-refractivity contribution >= 4 is 76.8 Å². The molecule has 99 heavy (non-hydrogen) atoms. The van der Waals surface area contributed by atoms with Crippen LogP contribution in [0, 0.1) is 34.5 Å². The molecule has 0 spiro atoms. The molecule has 8 N–H and O–H groups in total. The molecule has 3 aromatic carbocycles. The highest BCUT2D eigenvalue weighted by Crippen LogP contribution is 2.70. The van der Waals surface area contributed by atoms with Crippen molar-refractivity contribution in [3.05, 3.63) is 119 Å². The van der Waals surface area contributed by atoms with E-state index in [1.165, 1.54) is 0 Å². The molecule has 3 saturated carbocycles. The van der Waals surface area contributed by atoms with Crippen LogP contribution in [0.3, 0.4) is 0 Å². The number of Topliss-reactive ketones (excluding diaryl/α,β-unsaturated/α-hetero) is 1. The van der Waals surface area contributed by atoms with E-state index in [1.807, 2.05) is 74.5 Å². The quantitative estimate of drug-likeness (QED) is 0.0227. The number of ether oxygens (including phenoxy) is 8. The van der Waals surface area contributed by atoms with E-state index in [2.05, 4.69) is 39.6 Å². The minimum absolute atomic E-state index is 0.0126. The fraction of sp³-hybridized carbons (Fsp3) is 0.554. The number of nitrogens with zero attached hydrogens (tertiary/aromatic N) is 1. The summed E-state index contributed by atoms with van der Waals surface area (Å²) in [6, 6.07) is 19.2. The smallest absolute Gasteiger partial charge is 0.429 e. The lowest BCUT2D eigenvalue weighted by molar-refractivity contribution is -0.200. The van der Waals surface area contributed by atoms with Crippen LogP contribution < -0.4 is 37.2 Å². The molecule has 0 radical (unpaired) electrons. The molecule has 2 aliphatic heterocycles. The molecule has 9 rings (SSSR count). The number of hydrogen-bond acceptors (Lipinski definition) is 18. The summed E-state index contributed by atoms with van der Waals surface area (Å²) in [6.45, 7) is 11.5. The zero-order valence-electron chi connectivity index (χ0n) is 57.4. The highest BCUT2D eigenvalue weighted by Gasteiger charge is 2.76. The number of aliphatic hydroxyl groups is 1. The van der Waals surface area contributed by atoms with Crippen LogP contribution >= 0.6 is 0 Å². The number of carbonyl (C=O) groups is 9. The molecule has 4 fully saturated rings. The summed E-state index contributed by atoms with van der Waals surface area (Å²) in [4.78, 5) is 120. The van der Waals surface area contributed by atoms with Crippen molar-refractivity contribution in [3.8, 4) is 0 Å². The van der Waals surface area contributed by atoms with Gasteiger partial charge in [-0.05, 0) is 115 Å². The van der Waals surface area contributed by atoms with Crippen molar-refractivity contribution < 1.29 is 86.2 Å². The van der Waals surface area contributed by atoms with Gasteiger partial charge >= 0.3 is 12.2 Å². The average Bonchev–Trinajstić information content (AvgIpc) is 1.53. The number of fused-ring (bicyclic) bond motifs is 9. The number of carbonyl (C=O) groups excluding carboxylic acids is 9. The topological polar surface area (TPSA) is 337 Å². The van der Waals surface area contributed by atoms with Gasteiger partial charge in [0.05, 0.1) is 77.3 Å². The van der Waals surface area contributed by atoms with E-state index in [0.717, 1.165) is 40.8 Å². The van der Waals surface area contributed by atoms with Gasteiger partial charge < -0.3 is 80.2 Å². The highest BCUT2D eigenvalue weighted by atomic mass is 16.8. The number of benzene rings is 3. The first-order valence-electron chi connectivity index (χ1n) is 34.7. The fourth-order valence-electron chi connectivity index (χ4n) is 15.2. The van der Waals surface area contributed by atoms with Crippen LogP contribution in [0.2, 0.25) is 0 Å². The van der Waals surface area contributed by atoms with E-state index in [0.29, 0.717) is 63.5 Å². The van der Waals surface area contributed by atoms with E-state index >= 15 is 0 Å². The molecule has 4 aliphatic carbocycles. The molecule has 3 aromatic rings. The molecule has 25 nitrogen and oxygen atoms in total. The summed E-state index contributed by atoms with van der Waals surface area (Å²) in [5.41, 5.74) is 8.09. The SMILES string of the molecule is CCCC1O[C@@H]2CC3[C@@H]4CCC5=CC(=O)C=C[C@]5(C)[C@H]4[C@@H](O)C[C@]3(C)[C@]2(C(=O)COC(=O)OCc2ccc(NC(=O)[C@H](CCCNC(N)=O)NC(=O)[C@@H](NC(=O)CCOCCOCCOCCOCCNC(=O)CCC(=O)N3Cc4ccccc4/C=C\c4ccccc43)C(C)C)cc2)O1. The Labute approximate surface area is 578 Å². The third kappa shape index (κ3) is 18.8. The molecule has 2 heterocycles. The maximum absolute atomic E-state index is 14.7. The molecule has 1 saturated heterocycles. The molecule has 0 aromatic heterocycles. The van der Waals surface area contributed by atoms with Crippen molar-refractivity contribution in [2.75, 3.05) is 82.8 Å². The van der Waals surface area contributed by atoms with Crippen LogP contribution in [0.4, 0.5) is 21.0 Å². The number of primary amides is 1. The van der Waals surface area contributed by atoms with Gasteiger partial charge in [0.2, 0.25) is 35.3 Å². The summed E-state index contributed by atoms with van der Waals surface area (Å²) in [6.07, 6.45) is 10.0. The molecular weight excluding hydrogens is 1270 g/mol. The predicted molar refractivity (Wildman–Crippen MR) is 366 cm³/mol. The van der Waals surface area contributed by atoms with Crippen LogP contribution in [0.15, 0.2) is 96.6 Å². The highest BCUT2D eigenvalue weighted by molar-refractivity contribution is 6.02. The van der Waals surface area contributed by atoms with Gasteiger partial charge in [0.25, 0.3) is 0 Å². The number of ketones is 2. The Morgan fingerprint density at radius 2 is 1.44 bits per heavy atom. The van der Waals surface area contributed by atoms with Crippen molar-refractivity contribution in [1.82, 2.24) is 21.3 Å². The number of hydrogen-bond donors (Lipinski definition) is 7. The monoisotopic (exact) mass is 1370 g/mol. The Bertz CT molecular complexity index is 3450. The van der Waals surface area contributed by atoms with Gasteiger partial charge in [-0.2, -0.15) is 0 Å². The summed E-state index contributed by atoms with van der Waals surface area (Å²) in [5.74, 6) is -3.14. The first kappa shape index (κ1) is 75.0. The van der Waals surface area contributed by atoms with E-state index in [-0.39, 0.29) is 126 Å². The lowest BCUT2D eigenvalue weighted by Gasteiger charge is -2.59. The van der Waals surface area contributed by atoms with Gasteiger partial charge in [-0.25, -0.2) is 9.59 Å². The van der Waals surface area contributed by atoms with Gasteiger partial charge in [0.1, 0.15) is 18.7 Å². The van der Waals surface area contributed by atoms with Crippen LogP contribution in [-0.2, 0) is 84.6 Å². The molecule has 536 valence electrons. The standard InChI is InChI=1S/C74H97N7O18/c1-6-12-65-98-61-42-56-55-25-22-52-41-54(82)28-30-72(52,4)66(55)59(83)43-73(56,5)74(61,99-65)60(84)46-97-71(91)96-45-48-18-23-53(24-19-48)78-68(88)57(16-11-31-77-70(75)90)79-69(89)67(47(2)3)80-63(86)29-33-92-35-37-94-39-40-95-38-36-93-34-32-76-62(85)26-27-64(87)81-44-51-15-8-7-13-49(51)20-21-50-14-9-10-17-58(50)81/h7-10,13-15,17-21,23-24,28,30,41,47,55-57,59,61,65-67,83H,6,11-12,16,22,25-27,29,31-40,42-46H2,1-5H3,(H,76,85)(H,78,88)(H,79,89)(H,80,86)(H3,75,77,90)/b21-20-/t55-,56?,57-,59-,61+,65?,66+,67-,72-,73-,74+/m0/s1. The maximum atomic E-state index is 14.7. The lowest BCUT2D eigenvalue weighted by Crippen LogP contribution is -2.63. The van der Waals surface area contributed by atoms with E-state index in [1.54, 1.807) is 55.2 Å². The number of aliphatic hydroxyl groups excluding tert-OH is 1. The van der Waals surface area contributed by atoms with E-state index in [9.17, 15) is 48.3 Å². The summed E-state index contributed by atoms with van der Waals surface area (Å²) in [5, 5.41) is 25.7. The molecule has 25 heteroatoms. The second kappa shape index (κ2) is 35.2. The number of rotatable bonds is 35. The van der Waals surface area contributed by atoms with Crippen LogP contribution in [0.25, 0.3) is 12.2 Å². The largest absolute Gasteiger partial charge is 0.509 e. The van der Waals surface area contributed by atoms with Gasteiger partial charge in [-0.3, -0.25) is 33.6 Å². The fourth-order valence-corrected chi connectivity index (χ4v) is 15.2. The number of amides is 7. The zero-order valence-corrected chi connectivity index (χ0v) is 57.4. The molecule has 2 unspecified atom stereocenters. The van der Waals surface area contributed by atoms with Gasteiger partial charge in [-0.15, -0.1) is 0 Å². The van der Waals surface area contributed by atoms with Crippen molar-refractivity contribution in [1.29, 1.82) is 0 Å². The van der Waals surface area contributed by atoms with Gasteiger partial charge in [0, 0.05) is 54.8 Å². The normalized spacial score (nSPS) is 24.9. The number of nitrogens with one attached hydrogen (secondary N) is 5. The predicted octanol–water partition coefficient (Wildman–Crippen LogP) is 7.16. The molecule has 7 amide bonds. The number of urea groups is 1. The van der Waals surface area contributed by atoms with Crippen molar-refractivity contribution in [3.63, 3.8) is 0 Å². The summed E-state index contributed by atoms with van der Waals surface area (Å²) >= 11 is 0. The van der Waals surface area contributed by atoms with Crippen molar-refractivity contribution in [2.24, 2.45) is 40.2 Å². The Balaban J connectivity index is 0.637. The van der Waals surface area contributed by atoms with E-state index < -0.39 is 89.3 Å². The molecule has 0 bridgehead atoms. The first-order chi connectivity index (χ1) is 47.6. The molecular formula is C74H97N7O18. The van der Waals surface area contributed by atoms with Gasteiger partial charge in [-0.1, -0.05) is 119 Å². The Morgan fingerprint density at radius 1 is 0.758 bits per heavy atom. The van der Waals surface area contributed by atoms with Crippen LogP contribution in [0.1, 0.15) is 128 Å². The summed E-state index contributed by atoms with van der Waals surface area (Å²) in [7, 11) is 0. The average molecular weight is 1370 g/mol. The second-order valence-corrected chi connectivity index (χ2v) is 27.0. The third-order valence-electron chi connectivity index (χ3n) is 20.1. The Morgan fingerprint density at radius 3 is 2.16 bits per heavy atom. The Hall–Kier alpha value is -8.17. The molecule has 11 atom stereocenters. The van der Waals surface area contributed by atoms with Crippen LogP contribution in [-0.4, -0.2) is 167 Å². The summed E-state index contributed by atoms with van der Waals surface area (Å²) < 4.78 is 46.4. The number of para-hydroxylation sites is 1. The minimum Gasteiger partial charge on any atom is -0.429 e. The van der Waals surface area contributed by atoms with E-state index in [4.69, 9.17) is 43.6 Å². The number of allylic oxidation sites excluding steroid dienone is 4.